The van der Waals surface area contributed by atoms with Crippen molar-refractivity contribution in [2.45, 2.75) is 9.24 Å². The molecule has 4 aromatic rings. The second-order valence-corrected chi connectivity index (χ2v) is 9.92. The first kappa shape index (κ1) is 23.5. The van der Waals surface area contributed by atoms with E-state index in [1.165, 1.54) is 35.8 Å². The number of hydrogen-bond donors (Lipinski definition) is 1. The van der Waals surface area contributed by atoms with E-state index in [9.17, 15) is 25.0 Å². The zero-order valence-electron chi connectivity index (χ0n) is 16.9. The Kier molecular flexibility index (Phi) is 6.95. The zero-order valence-corrected chi connectivity index (χ0v) is 20.1. The minimum absolute atomic E-state index is 0.0469. The Morgan fingerprint density at radius 1 is 1.09 bits per heavy atom. The third-order valence-electron chi connectivity index (χ3n) is 4.41. The molecule has 1 heterocycles. The summed E-state index contributed by atoms with van der Waals surface area (Å²) in [7, 11) is 0. The molecular formula is C21H12BrN5O5S2. The number of halogens is 1. The summed E-state index contributed by atoms with van der Waals surface area (Å²) in [5, 5.41) is 26.5. The summed E-state index contributed by atoms with van der Waals surface area (Å²) in [4.78, 5) is 38.5. The van der Waals surface area contributed by atoms with E-state index in [-0.39, 0.29) is 11.4 Å². The topological polar surface area (TPSA) is 141 Å². The maximum Gasteiger partial charge on any atom is 0.283 e. The van der Waals surface area contributed by atoms with Crippen LogP contribution in [-0.2, 0) is 0 Å². The van der Waals surface area contributed by atoms with Gasteiger partial charge in [-0.3, -0.25) is 25.0 Å². The quantitative estimate of drug-likeness (QED) is 0.172. The normalized spacial score (nSPS) is 11.1. The summed E-state index contributed by atoms with van der Waals surface area (Å²) >= 11 is 5.60. The number of nitrogens with zero attached hydrogens (tertiary/aromatic N) is 4. The fourth-order valence-corrected chi connectivity index (χ4v) is 5.39. The highest BCUT2D eigenvalue weighted by atomic mass is 79.9. The zero-order chi connectivity index (χ0) is 24.2. The minimum Gasteiger partial charge on any atom is -0.267 e. The average Bonchev–Trinajstić information content (AvgIpc) is 3.21. The number of benzene rings is 3. The number of nitro benzene ring substituents is 2. The monoisotopic (exact) mass is 557 g/mol. The van der Waals surface area contributed by atoms with Crippen molar-refractivity contribution in [3.8, 4) is 0 Å². The van der Waals surface area contributed by atoms with Gasteiger partial charge < -0.3 is 0 Å². The van der Waals surface area contributed by atoms with E-state index in [1.807, 2.05) is 0 Å². The Bertz CT molecular complexity index is 1470. The van der Waals surface area contributed by atoms with Gasteiger partial charge in [-0.15, -0.1) is 11.3 Å². The molecule has 0 bridgehead atoms. The van der Waals surface area contributed by atoms with Crippen LogP contribution in [0.2, 0.25) is 0 Å². The number of hydrazone groups is 1. The Labute approximate surface area is 208 Å². The first-order chi connectivity index (χ1) is 16.3. The molecule has 1 N–H and O–H groups in total. The number of thiazole rings is 1. The van der Waals surface area contributed by atoms with Gasteiger partial charge in [-0.25, -0.2) is 10.4 Å². The number of nitrogens with one attached hydrogen (secondary N) is 1. The number of aromatic nitrogens is 1. The molecule has 0 unspecified atom stereocenters. The van der Waals surface area contributed by atoms with Crippen molar-refractivity contribution in [2.24, 2.45) is 5.10 Å². The van der Waals surface area contributed by atoms with Crippen LogP contribution in [0.5, 0.6) is 0 Å². The number of carbonyl (C=O) groups excluding carboxylic acids is 1. The summed E-state index contributed by atoms with van der Waals surface area (Å²) in [5.41, 5.74) is 3.59. The molecule has 0 radical (unpaired) electrons. The van der Waals surface area contributed by atoms with Crippen LogP contribution in [0.3, 0.4) is 0 Å². The average molecular weight is 558 g/mol. The Morgan fingerprint density at radius 2 is 1.91 bits per heavy atom. The first-order valence-corrected chi connectivity index (χ1v) is 11.8. The predicted octanol–water partition coefficient (Wildman–Crippen LogP) is 5.79. The summed E-state index contributed by atoms with van der Waals surface area (Å²) in [6.07, 6.45) is 1.31. The van der Waals surface area contributed by atoms with Gasteiger partial charge in [0.2, 0.25) is 0 Å². The SMILES string of the molecule is O=C(N/N=C\c1ccc(Sc2nc3ccc([N+](=O)[O-])cc3s2)c([N+](=O)[O-])c1)c1cccc(Br)c1. The van der Waals surface area contributed by atoms with Crippen LogP contribution in [0.25, 0.3) is 10.2 Å². The lowest BCUT2D eigenvalue weighted by Gasteiger charge is -2.02. The fourth-order valence-electron chi connectivity index (χ4n) is 2.85. The highest BCUT2D eigenvalue weighted by Gasteiger charge is 2.18. The Balaban J connectivity index is 1.52. The van der Waals surface area contributed by atoms with Gasteiger partial charge in [0.25, 0.3) is 17.3 Å². The smallest absolute Gasteiger partial charge is 0.267 e. The van der Waals surface area contributed by atoms with Crippen molar-refractivity contribution in [1.29, 1.82) is 0 Å². The summed E-state index contributed by atoms with van der Waals surface area (Å²) < 4.78 is 1.88. The second-order valence-electron chi connectivity index (χ2n) is 6.68. The Morgan fingerprint density at radius 3 is 2.65 bits per heavy atom. The Hall–Kier alpha value is -3.68. The number of fused-ring (bicyclic) bond motifs is 1. The molecule has 4 rings (SSSR count). The van der Waals surface area contributed by atoms with Crippen molar-refractivity contribution in [3.63, 3.8) is 0 Å². The molecule has 0 fully saturated rings. The predicted molar refractivity (Wildman–Crippen MR) is 133 cm³/mol. The van der Waals surface area contributed by atoms with Crippen LogP contribution in [0.15, 0.2) is 79.5 Å². The van der Waals surface area contributed by atoms with Gasteiger partial charge >= 0.3 is 0 Å². The number of hydrogen-bond acceptors (Lipinski definition) is 9. The molecular weight excluding hydrogens is 546 g/mol. The third-order valence-corrected chi connectivity index (χ3v) is 7.04. The van der Waals surface area contributed by atoms with Crippen LogP contribution in [0.1, 0.15) is 15.9 Å². The van der Waals surface area contributed by atoms with E-state index in [0.717, 1.165) is 16.2 Å². The van der Waals surface area contributed by atoms with E-state index in [2.05, 4.69) is 31.4 Å². The van der Waals surface area contributed by atoms with Gasteiger partial charge in [0.15, 0.2) is 4.34 Å². The molecule has 170 valence electrons. The first-order valence-electron chi connectivity index (χ1n) is 9.40. The second kappa shape index (κ2) is 10.1. The lowest BCUT2D eigenvalue weighted by Crippen LogP contribution is -2.17. The molecule has 0 saturated heterocycles. The number of carbonyl (C=O) groups is 1. The molecule has 0 aliphatic carbocycles. The van der Waals surface area contributed by atoms with E-state index in [0.29, 0.717) is 30.6 Å². The molecule has 0 spiro atoms. The van der Waals surface area contributed by atoms with Crippen molar-refractivity contribution in [2.75, 3.05) is 0 Å². The van der Waals surface area contributed by atoms with Crippen LogP contribution in [-0.4, -0.2) is 27.0 Å². The lowest BCUT2D eigenvalue weighted by atomic mass is 10.2. The van der Waals surface area contributed by atoms with Crippen molar-refractivity contribution in [1.82, 2.24) is 10.4 Å². The van der Waals surface area contributed by atoms with Crippen molar-refractivity contribution in [3.05, 3.63) is 96.5 Å². The number of non-ortho nitro benzene ring substituents is 1. The lowest BCUT2D eigenvalue weighted by molar-refractivity contribution is -0.387. The summed E-state index contributed by atoms with van der Waals surface area (Å²) in [6.45, 7) is 0. The molecule has 0 atom stereocenters. The van der Waals surface area contributed by atoms with Gasteiger partial charge in [-0.2, -0.15) is 5.10 Å². The number of amides is 1. The van der Waals surface area contributed by atoms with Crippen LogP contribution in [0.4, 0.5) is 11.4 Å². The van der Waals surface area contributed by atoms with E-state index >= 15 is 0 Å². The standard InChI is InChI=1S/C21H12BrN5O5S2/c22-14-3-1-2-13(9-14)20(28)25-23-11-12-4-7-18(17(8-12)27(31)32)33-21-24-16-6-5-15(26(29)30)10-19(16)34-21/h1-11H,(H,25,28)/b23-11-. The maximum absolute atomic E-state index is 12.2. The molecule has 0 aliphatic heterocycles. The molecule has 0 aliphatic rings. The molecule has 34 heavy (non-hydrogen) atoms. The number of nitro groups is 2. The molecule has 0 saturated carbocycles. The highest BCUT2D eigenvalue weighted by Crippen LogP contribution is 2.39. The molecule has 13 heteroatoms. The van der Waals surface area contributed by atoms with Gasteiger partial charge in [0.05, 0.1) is 31.2 Å². The number of rotatable bonds is 7. The van der Waals surface area contributed by atoms with Gasteiger partial charge in [-0.05, 0) is 30.3 Å². The van der Waals surface area contributed by atoms with Crippen molar-refractivity contribution >= 4 is 72.7 Å². The molecule has 3 aromatic carbocycles. The molecule has 10 nitrogen and oxygen atoms in total. The highest BCUT2D eigenvalue weighted by molar-refractivity contribution is 9.10. The largest absolute Gasteiger partial charge is 0.283 e. The summed E-state index contributed by atoms with van der Waals surface area (Å²) in [5.74, 6) is -0.421. The van der Waals surface area contributed by atoms with Crippen LogP contribution >= 0.6 is 39.0 Å². The van der Waals surface area contributed by atoms with Crippen LogP contribution < -0.4 is 5.43 Å². The van der Waals surface area contributed by atoms with Crippen molar-refractivity contribution < 1.29 is 14.6 Å². The van der Waals surface area contributed by atoms with E-state index in [1.54, 1.807) is 42.5 Å². The minimum atomic E-state index is -0.516. The summed E-state index contributed by atoms with van der Waals surface area (Å²) in [6, 6.07) is 15.6. The fraction of sp³-hybridized carbons (Fsp3) is 0. The van der Waals surface area contributed by atoms with Gasteiger partial charge in [-0.1, -0.05) is 39.8 Å². The van der Waals surface area contributed by atoms with Gasteiger partial charge in [0, 0.05) is 33.8 Å². The molecule has 1 amide bonds. The van der Waals surface area contributed by atoms with E-state index < -0.39 is 15.8 Å². The van der Waals surface area contributed by atoms with Crippen LogP contribution in [0, 0.1) is 20.2 Å². The molecule has 1 aromatic heterocycles. The van der Waals surface area contributed by atoms with Gasteiger partial charge in [0.1, 0.15) is 0 Å². The van der Waals surface area contributed by atoms with E-state index in [4.69, 9.17) is 0 Å². The third kappa shape index (κ3) is 5.44. The maximum atomic E-state index is 12.2.